The molecular formula is C19H25N3O3. The number of nitrogens with zero attached hydrogens (tertiary/aromatic N) is 2. The molecule has 134 valence electrons. The van der Waals surface area contributed by atoms with Crippen molar-refractivity contribution in [3.63, 3.8) is 0 Å². The SMILES string of the molecule is O=C(CN1CCCCC1=O)N[C@H]1CCN(C(=O)C2C=CC=CC=C2)C1. The summed E-state index contributed by atoms with van der Waals surface area (Å²) in [6, 6.07) is -0.0341. The van der Waals surface area contributed by atoms with Gasteiger partial charge >= 0.3 is 0 Å². The van der Waals surface area contributed by atoms with Gasteiger partial charge in [-0.05, 0) is 19.3 Å². The molecule has 0 aromatic heterocycles. The fourth-order valence-electron chi connectivity index (χ4n) is 3.49. The maximum Gasteiger partial charge on any atom is 0.239 e. The summed E-state index contributed by atoms with van der Waals surface area (Å²) in [7, 11) is 0. The minimum Gasteiger partial charge on any atom is -0.350 e. The number of carbonyl (C=O) groups excluding carboxylic acids is 3. The number of likely N-dealkylation sites (tertiary alicyclic amines) is 2. The number of carbonyl (C=O) groups is 3. The third-order valence-electron chi connectivity index (χ3n) is 4.88. The Kier molecular flexibility index (Phi) is 5.68. The standard InChI is InChI=1S/C19H25N3O3/c23-17(14-21-11-6-5-9-18(21)24)20-16-10-12-22(13-16)19(25)15-7-3-1-2-4-8-15/h1-4,7-8,15-16H,5-6,9-14H2,(H,20,23)/t16-/m0/s1. The molecule has 25 heavy (non-hydrogen) atoms. The van der Waals surface area contributed by atoms with Crippen LogP contribution in [0, 0.1) is 5.92 Å². The Labute approximate surface area is 148 Å². The molecule has 2 fully saturated rings. The molecule has 0 bridgehead atoms. The zero-order valence-corrected chi connectivity index (χ0v) is 14.4. The number of rotatable bonds is 4. The van der Waals surface area contributed by atoms with Crippen LogP contribution < -0.4 is 5.32 Å². The molecule has 0 aromatic rings. The van der Waals surface area contributed by atoms with Crippen LogP contribution in [0.2, 0.25) is 0 Å². The van der Waals surface area contributed by atoms with Gasteiger partial charge in [-0.15, -0.1) is 0 Å². The summed E-state index contributed by atoms with van der Waals surface area (Å²) in [5.41, 5.74) is 0. The molecule has 1 aliphatic carbocycles. The molecule has 0 saturated carbocycles. The second-order valence-corrected chi connectivity index (χ2v) is 6.79. The van der Waals surface area contributed by atoms with E-state index in [1.165, 1.54) is 0 Å². The molecule has 3 rings (SSSR count). The lowest BCUT2D eigenvalue weighted by Gasteiger charge is -2.26. The number of amides is 3. The van der Waals surface area contributed by atoms with Gasteiger partial charge in [0.15, 0.2) is 0 Å². The summed E-state index contributed by atoms with van der Waals surface area (Å²) >= 11 is 0. The van der Waals surface area contributed by atoms with Crippen molar-refractivity contribution < 1.29 is 14.4 Å². The number of hydrogen-bond acceptors (Lipinski definition) is 3. The molecule has 2 heterocycles. The topological polar surface area (TPSA) is 69.7 Å². The van der Waals surface area contributed by atoms with E-state index in [0.717, 1.165) is 19.3 Å². The predicted molar refractivity (Wildman–Crippen MR) is 94.5 cm³/mol. The maximum absolute atomic E-state index is 12.6. The highest BCUT2D eigenvalue weighted by Gasteiger charge is 2.30. The Morgan fingerprint density at radius 2 is 1.84 bits per heavy atom. The second-order valence-electron chi connectivity index (χ2n) is 6.79. The fourth-order valence-corrected chi connectivity index (χ4v) is 3.49. The van der Waals surface area contributed by atoms with Crippen molar-refractivity contribution in [1.82, 2.24) is 15.1 Å². The monoisotopic (exact) mass is 343 g/mol. The minimum absolute atomic E-state index is 0.0341. The molecule has 0 radical (unpaired) electrons. The van der Waals surface area contributed by atoms with Crippen LogP contribution in [-0.4, -0.2) is 59.7 Å². The molecule has 1 atom stereocenters. The number of piperidine rings is 1. The average molecular weight is 343 g/mol. The maximum atomic E-state index is 12.6. The Balaban J connectivity index is 1.46. The van der Waals surface area contributed by atoms with Crippen LogP contribution in [0.15, 0.2) is 36.5 Å². The van der Waals surface area contributed by atoms with E-state index in [2.05, 4.69) is 5.32 Å². The summed E-state index contributed by atoms with van der Waals surface area (Å²) < 4.78 is 0. The van der Waals surface area contributed by atoms with Crippen molar-refractivity contribution in [2.45, 2.75) is 31.7 Å². The van der Waals surface area contributed by atoms with Gasteiger partial charge in [-0.1, -0.05) is 36.5 Å². The van der Waals surface area contributed by atoms with Crippen LogP contribution in [-0.2, 0) is 14.4 Å². The summed E-state index contributed by atoms with van der Waals surface area (Å²) in [5.74, 6) is -0.243. The zero-order valence-electron chi connectivity index (χ0n) is 14.4. The molecule has 0 aromatic carbocycles. The lowest BCUT2D eigenvalue weighted by molar-refractivity contribution is -0.138. The van der Waals surface area contributed by atoms with Gasteiger partial charge in [-0.2, -0.15) is 0 Å². The lowest BCUT2D eigenvalue weighted by atomic mass is 10.1. The summed E-state index contributed by atoms with van der Waals surface area (Å²) in [6.07, 6.45) is 14.5. The zero-order chi connectivity index (χ0) is 17.6. The largest absolute Gasteiger partial charge is 0.350 e. The number of allylic oxidation sites excluding steroid dienone is 4. The van der Waals surface area contributed by atoms with Crippen LogP contribution in [0.5, 0.6) is 0 Å². The highest BCUT2D eigenvalue weighted by molar-refractivity contribution is 5.86. The highest BCUT2D eigenvalue weighted by Crippen LogP contribution is 2.16. The third-order valence-corrected chi connectivity index (χ3v) is 4.88. The van der Waals surface area contributed by atoms with E-state index in [1.54, 1.807) is 4.90 Å². The number of hydrogen-bond donors (Lipinski definition) is 1. The molecule has 2 aliphatic heterocycles. The van der Waals surface area contributed by atoms with Gasteiger partial charge < -0.3 is 15.1 Å². The lowest BCUT2D eigenvalue weighted by Crippen LogP contribution is -2.46. The Morgan fingerprint density at radius 3 is 2.56 bits per heavy atom. The normalized spacial score (nSPS) is 23.8. The van der Waals surface area contributed by atoms with Gasteiger partial charge in [0.05, 0.1) is 12.5 Å². The van der Waals surface area contributed by atoms with Gasteiger partial charge in [-0.25, -0.2) is 0 Å². The summed E-state index contributed by atoms with van der Waals surface area (Å²) in [4.78, 5) is 40.0. The van der Waals surface area contributed by atoms with E-state index in [1.807, 2.05) is 41.4 Å². The van der Waals surface area contributed by atoms with E-state index >= 15 is 0 Å². The van der Waals surface area contributed by atoms with Crippen LogP contribution in [0.3, 0.4) is 0 Å². The molecule has 3 amide bonds. The van der Waals surface area contributed by atoms with Crippen molar-refractivity contribution in [1.29, 1.82) is 0 Å². The molecule has 0 unspecified atom stereocenters. The van der Waals surface area contributed by atoms with Gasteiger partial charge in [-0.3, -0.25) is 14.4 Å². The molecule has 2 saturated heterocycles. The van der Waals surface area contributed by atoms with E-state index in [4.69, 9.17) is 0 Å². The summed E-state index contributed by atoms with van der Waals surface area (Å²) in [5, 5.41) is 2.97. The Bertz CT molecular complexity index is 607. The Morgan fingerprint density at radius 1 is 1.08 bits per heavy atom. The van der Waals surface area contributed by atoms with Crippen molar-refractivity contribution in [2.24, 2.45) is 5.92 Å². The van der Waals surface area contributed by atoms with Crippen molar-refractivity contribution in [3.05, 3.63) is 36.5 Å². The van der Waals surface area contributed by atoms with Crippen molar-refractivity contribution >= 4 is 17.7 Å². The van der Waals surface area contributed by atoms with Crippen LogP contribution in [0.25, 0.3) is 0 Å². The summed E-state index contributed by atoms with van der Waals surface area (Å²) in [6.45, 7) is 1.97. The first-order chi connectivity index (χ1) is 12.1. The Hall–Kier alpha value is -2.37. The van der Waals surface area contributed by atoms with Crippen LogP contribution in [0.4, 0.5) is 0 Å². The second kappa shape index (κ2) is 8.14. The van der Waals surface area contributed by atoms with Crippen molar-refractivity contribution in [3.8, 4) is 0 Å². The predicted octanol–water partition coefficient (Wildman–Crippen LogP) is 1.01. The molecule has 3 aliphatic rings. The van der Waals surface area contributed by atoms with E-state index in [-0.39, 0.29) is 36.2 Å². The molecule has 0 spiro atoms. The van der Waals surface area contributed by atoms with E-state index in [0.29, 0.717) is 26.1 Å². The van der Waals surface area contributed by atoms with Crippen LogP contribution >= 0.6 is 0 Å². The fraction of sp³-hybridized carbons (Fsp3) is 0.526. The first-order valence-electron chi connectivity index (χ1n) is 9.01. The highest BCUT2D eigenvalue weighted by atomic mass is 16.2. The van der Waals surface area contributed by atoms with Crippen molar-refractivity contribution in [2.75, 3.05) is 26.2 Å². The third kappa shape index (κ3) is 4.59. The molecule has 1 N–H and O–H groups in total. The van der Waals surface area contributed by atoms with Gasteiger partial charge in [0, 0.05) is 32.1 Å². The molecular weight excluding hydrogens is 318 g/mol. The minimum atomic E-state index is -0.240. The smallest absolute Gasteiger partial charge is 0.239 e. The quantitative estimate of drug-likeness (QED) is 0.828. The van der Waals surface area contributed by atoms with Gasteiger partial charge in [0.2, 0.25) is 17.7 Å². The van der Waals surface area contributed by atoms with Gasteiger partial charge in [0.25, 0.3) is 0 Å². The first-order valence-corrected chi connectivity index (χ1v) is 9.01. The molecule has 6 heteroatoms. The van der Waals surface area contributed by atoms with Gasteiger partial charge in [0.1, 0.15) is 0 Å². The first kappa shape index (κ1) is 17.5. The van der Waals surface area contributed by atoms with Crippen LogP contribution in [0.1, 0.15) is 25.7 Å². The van der Waals surface area contributed by atoms with E-state index < -0.39 is 0 Å². The number of nitrogens with one attached hydrogen (secondary N) is 1. The van der Waals surface area contributed by atoms with E-state index in [9.17, 15) is 14.4 Å². The molecule has 6 nitrogen and oxygen atoms in total. The average Bonchev–Trinajstić information content (AvgIpc) is 2.89.